The highest BCUT2D eigenvalue weighted by Crippen LogP contribution is 2.40. The average molecular weight is 303 g/mol. The van der Waals surface area contributed by atoms with E-state index >= 15 is 0 Å². The number of aromatic nitrogens is 2. The van der Waals surface area contributed by atoms with Crippen LogP contribution in [0, 0.1) is 0 Å². The molecule has 3 nitrogen and oxygen atoms in total. The number of rotatable bonds is 2. The standard InChI is InChI=1S/C9H4Cl2F4N2O/c10-3-1-4-6(17-2-16-4)5(11)7(3)18-8(12)9(13,14)15/h1-2,8H,(H,16,17). The fourth-order valence-electron chi connectivity index (χ4n) is 1.27. The normalized spacial score (nSPS) is 13.9. The molecule has 0 spiro atoms. The Morgan fingerprint density at radius 3 is 2.61 bits per heavy atom. The van der Waals surface area contributed by atoms with Crippen LogP contribution in [0.3, 0.4) is 0 Å². The third kappa shape index (κ3) is 2.32. The molecule has 1 N–H and O–H groups in total. The Kier molecular flexibility index (Phi) is 3.29. The molecule has 0 aliphatic heterocycles. The number of nitrogens with zero attached hydrogens (tertiary/aromatic N) is 1. The van der Waals surface area contributed by atoms with Gasteiger partial charge in [0.2, 0.25) is 0 Å². The highest BCUT2D eigenvalue weighted by molar-refractivity contribution is 6.40. The Labute approximate surface area is 108 Å². The van der Waals surface area contributed by atoms with Crippen LogP contribution >= 0.6 is 23.2 Å². The molecule has 0 aliphatic carbocycles. The lowest BCUT2D eigenvalue weighted by molar-refractivity contribution is -0.236. The van der Waals surface area contributed by atoms with Crippen molar-refractivity contribution in [2.75, 3.05) is 0 Å². The Bertz CT molecular complexity index is 584. The first-order valence-electron chi connectivity index (χ1n) is 4.49. The van der Waals surface area contributed by atoms with Crippen LogP contribution in [-0.2, 0) is 0 Å². The maximum absolute atomic E-state index is 12.8. The maximum Gasteiger partial charge on any atom is 0.457 e. The van der Waals surface area contributed by atoms with Crippen molar-refractivity contribution in [1.29, 1.82) is 0 Å². The van der Waals surface area contributed by atoms with Crippen molar-refractivity contribution >= 4 is 34.2 Å². The molecule has 0 bridgehead atoms. The lowest BCUT2D eigenvalue weighted by Crippen LogP contribution is -2.30. The van der Waals surface area contributed by atoms with Crippen molar-refractivity contribution in [3.8, 4) is 5.75 Å². The van der Waals surface area contributed by atoms with Crippen LogP contribution in [0.4, 0.5) is 17.6 Å². The minimum atomic E-state index is -5.16. The SMILES string of the molecule is FC(Oc1c(Cl)cc2[nH]cnc2c1Cl)C(F)(F)F. The second-order valence-corrected chi connectivity index (χ2v) is 4.06. The summed E-state index contributed by atoms with van der Waals surface area (Å²) in [6, 6.07) is 1.24. The van der Waals surface area contributed by atoms with Crippen LogP contribution in [0.15, 0.2) is 12.4 Å². The van der Waals surface area contributed by atoms with E-state index in [0.29, 0.717) is 5.52 Å². The minimum absolute atomic E-state index is 0.144. The summed E-state index contributed by atoms with van der Waals surface area (Å²) < 4.78 is 53.0. The van der Waals surface area contributed by atoms with Crippen molar-refractivity contribution in [3.63, 3.8) is 0 Å². The van der Waals surface area contributed by atoms with Crippen LogP contribution in [-0.4, -0.2) is 22.5 Å². The summed E-state index contributed by atoms with van der Waals surface area (Å²) >= 11 is 11.4. The molecule has 0 aliphatic rings. The van der Waals surface area contributed by atoms with Gasteiger partial charge in [0, 0.05) is 0 Å². The molecule has 0 saturated carbocycles. The number of alkyl halides is 4. The fourth-order valence-corrected chi connectivity index (χ4v) is 1.87. The van der Waals surface area contributed by atoms with Gasteiger partial charge in [0.25, 0.3) is 0 Å². The van der Waals surface area contributed by atoms with Crippen molar-refractivity contribution in [2.45, 2.75) is 12.5 Å². The van der Waals surface area contributed by atoms with Gasteiger partial charge >= 0.3 is 12.5 Å². The number of benzene rings is 1. The smallest absolute Gasteiger partial charge is 0.449 e. The third-order valence-corrected chi connectivity index (χ3v) is 2.67. The first-order valence-corrected chi connectivity index (χ1v) is 5.25. The van der Waals surface area contributed by atoms with Gasteiger partial charge in [-0.05, 0) is 6.07 Å². The molecule has 9 heteroatoms. The Balaban J connectivity index is 2.44. The van der Waals surface area contributed by atoms with Gasteiger partial charge in [0.15, 0.2) is 5.75 Å². The maximum atomic E-state index is 12.8. The molecule has 0 amide bonds. The topological polar surface area (TPSA) is 37.9 Å². The van der Waals surface area contributed by atoms with Gasteiger partial charge < -0.3 is 9.72 Å². The van der Waals surface area contributed by atoms with Crippen LogP contribution in [0.25, 0.3) is 11.0 Å². The van der Waals surface area contributed by atoms with Crippen LogP contribution in [0.1, 0.15) is 0 Å². The zero-order valence-corrected chi connectivity index (χ0v) is 9.87. The number of nitrogens with one attached hydrogen (secondary N) is 1. The summed E-state index contributed by atoms with van der Waals surface area (Å²) in [7, 11) is 0. The molecule has 1 heterocycles. The number of hydrogen-bond acceptors (Lipinski definition) is 2. The Hall–Kier alpha value is -1.21. The number of hydrogen-bond donors (Lipinski definition) is 1. The molecule has 2 rings (SSSR count). The van der Waals surface area contributed by atoms with Crippen LogP contribution < -0.4 is 4.74 Å². The van der Waals surface area contributed by atoms with Crippen molar-refractivity contribution in [2.24, 2.45) is 0 Å². The predicted octanol–water partition coefficient (Wildman–Crippen LogP) is 4.11. The lowest BCUT2D eigenvalue weighted by atomic mass is 10.3. The van der Waals surface area contributed by atoms with Gasteiger partial charge in [-0.2, -0.15) is 17.6 Å². The highest BCUT2D eigenvalue weighted by Gasteiger charge is 2.43. The molecule has 1 aromatic carbocycles. The fraction of sp³-hybridized carbons (Fsp3) is 0.222. The van der Waals surface area contributed by atoms with Crippen LogP contribution in [0.2, 0.25) is 10.0 Å². The van der Waals surface area contributed by atoms with Gasteiger partial charge in [0.05, 0.1) is 16.9 Å². The molecule has 0 saturated heterocycles. The molecular formula is C9H4Cl2F4N2O. The number of fused-ring (bicyclic) bond motifs is 1. The second-order valence-electron chi connectivity index (χ2n) is 3.28. The summed E-state index contributed by atoms with van der Waals surface area (Å²) in [4.78, 5) is 6.42. The number of ether oxygens (including phenoxy) is 1. The van der Waals surface area contributed by atoms with E-state index in [2.05, 4.69) is 14.7 Å². The van der Waals surface area contributed by atoms with Gasteiger partial charge in [-0.1, -0.05) is 23.2 Å². The summed E-state index contributed by atoms with van der Waals surface area (Å²) in [6.07, 6.45) is -7.40. The first-order chi connectivity index (χ1) is 8.30. The quantitative estimate of drug-likeness (QED) is 0.848. The van der Waals surface area contributed by atoms with E-state index in [9.17, 15) is 17.6 Å². The highest BCUT2D eigenvalue weighted by atomic mass is 35.5. The molecule has 1 unspecified atom stereocenters. The minimum Gasteiger partial charge on any atom is -0.449 e. The van der Waals surface area contributed by atoms with Crippen molar-refractivity contribution < 1.29 is 22.3 Å². The largest absolute Gasteiger partial charge is 0.457 e. The van der Waals surface area contributed by atoms with Crippen LogP contribution in [0.5, 0.6) is 5.75 Å². The molecule has 98 valence electrons. The monoisotopic (exact) mass is 302 g/mol. The molecule has 1 aromatic heterocycles. The number of imidazole rings is 1. The van der Waals surface area contributed by atoms with E-state index in [1.165, 1.54) is 12.4 Å². The molecule has 2 aromatic rings. The number of aromatic amines is 1. The van der Waals surface area contributed by atoms with E-state index in [4.69, 9.17) is 23.2 Å². The molecule has 0 radical (unpaired) electrons. The number of H-pyrrole nitrogens is 1. The molecule has 18 heavy (non-hydrogen) atoms. The summed E-state index contributed by atoms with van der Waals surface area (Å²) in [5.74, 6) is -0.595. The summed E-state index contributed by atoms with van der Waals surface area (Å²) in [5.41, 5.74) is 0.546. The zero-order valence-electron chi connectivity index (χ0n) is 8.36. The summed E-state index contributed by atoms with van der Waals surface area (Å²) in [6.45, 7) is 0. The lowest BCUT2D eigenvalue weighted by Gasteiger charge is -2.16. The van der Waals surface area contributed by atoms with E-state index in [0.717, 1.165) is 0 Å². The zero-order chi connectivity index (χ0) is 13.5. The second kappa shape index (κ2) is 4.47. The van der Waals surface area contributed by atoms with Crippen molar-refractivity contribution in [1.82, 2.24) is 9.97 Å². The van der Waals surface area contributed by atoms with E-state index in [1.54, 1.807) is 0 Å². The summed E-state index contributed by atoms with van der Waals surface area (Å²) in [5, 5.41) is -0.533. The average Bonchev–Trinajstić information content (AvgIpc) is 2.70. The molecule has 1 atom stereocenters. The van der Waals surface area contributed by atoms with E-state index in [1.807, 2.05) is 0 Å². The van der Waals surface area contributed by atoms with Gasteiger partial charge in [-0.3, -0.25) is 0 Å². The van der Waals surface area contributed by atoms with Gasteiger partial charge in [0.1, 0.15) is 10.5 Å². The van der Waals surface area contributed by atoms with Gasteiger partial charge in [-0.25, -0.2) is 4.98 Å². The number of halogens is 6. The third-order valence-electron chi connectivity index (χ3n) is 2.04. The van der Waals surface area contributed by atoms with E-state index < -0.39 is 18.3 Å². The van der Waals surface area contributed by atoms with Gasteiger partial charge in [-0.15, -0.1) is 0 Å². The van der Waals surface area contributed by atoms with E-state index in [-0.39, 0.29) is 15.6 Å². The Morgan fingerprint density at radius 2 is 2.00 bits per heavy atom. The van der Waals surface area contributed by atoms with Crippen molar-refractivity contribution in [3.05, 3.63) is 22.4 Å². The molecular weight excluding hydrogens is 299 g/mol. The molecule has 0 fully saturated rings. The first kappa shape index (κ1) is 13.2. The predicted molar refractivity (Wildman–Crippen MR) is 57.7 cm³/mol. The Morgan fingerprint density at radius 1 is 1.33 bits per heavy atom.